The van der Waals surface area contributed by atoms with Crippen LogP contribution in [-0.2, 0) is 0 Å². The van der Waals surface area contributed by atoms with Crippen LogP contribution in [0.15, 0.2) is 12.1 Å². The molecule has 7 heteroatoms. The molecule has 100 valence electrons. The minimum absolute atomic E-state index is 0.0107. The smallest absolute Gasteiger partial charge is 0.311 e. The molecular weight excluding hydrogens is 234 g/mol. The highest BCUT2D eigenvalue weighted by Gasteiger charge is 2.23. The van der Waals surface area contributed by atoms with Crippen LogP contribution in [0.2, 0.25) is 0 Å². The first-order valence-electron chi connectivity index (χ1n) is 5.90. The number of nitrogen functional groups attached to an aromatic ring is 1. The number of hydrogen-bond acceptors (Lipinski definition) is 6. The normalized spacial score (nSPS) is 10.5. The highest BCUT2D eigenvalue weighted by Crippen LogP contribution is 2.29. The summed E-state index contributed by atoms with van der Waals surface area (Å²) in [5, 5.41) is 11.0. The molecule has 0 aliphatic rings. The maximum absolute atomic E-state index is 11.0. The lowest BCUT2D eigenvalue weighted by atomic mass is 10.1. The fourth-order valence-corrected chi connectivity index (χ4v) is 1.93. The molecule has 0 saturated carbocycles. The summed E-state index contributed by atoms with van der Waals surface area (Å²) in [5.41, 5.74) is 2.39. The molecule has 0 fully saturated rings. The second-order valence-electron chi connectivity index (χ2n) is 4.02. The summed E-state index contributed by atoms with van der Waals surface area (Å²) >= 11 is 0. The Hall–Kier alpha value is -1.89. The van der Waals surface area contributed by atoms with E-state index in [1.807, 2.05) is 25.8 Å². The largest absolute Gasteiger partial charge is 0.351 e. The lowest BCUT2D eigenvalue weighted by Gasteiger charge is -2.27. The zero-order valence-corrected chi connectivity index (χ0v) is 10.9. The number of nitrogens with zero attached hydrogens (tertiary/aromatic N) is 3. The van der Waals surface area contributed by atoms with Crippen molar-refractivity contribution in [3.8, 4) is 0 Å². The van der Waals surface area contributed by atoms with Crippen molar-refractivity contribution in [3.05, 3.63) is 22.2 Å². The van der Waals surface area contributed by atoms with Gasteiger partial charge >= 0.3 is 5.69 Å². The molecule has 18 heavy (non-hydrogen) atoms. The molecule has 0 amide bonds. The zero-order chi connectivity index (χ0) is 13.7. The van der Waals surface area contributed by atoms with E-state index in [0.717, 1.165) is 12.8 Å². The third kappa shape index (κ3) is 2.86. The molecule has 0 radical (unpaired) electrons. The quantitative estimate of drug-likeness (QED) is 0.456. The molecule has 1 aromatic heterocycles. The summed E-state index contributed by atoms with van der Waals surface area (Å²) in [6.45, 7) is 4.09. The lowest BCUT2D eigenvalue weighted by Crippen LogP contribution is -2.31. The fraction of sp³-hybridized carbons (Fsp3) is 0.545. The number of nitrogens with two attached hydrogens (primary N) is 1. The Labute approximate surface area is 106 Å². The molecule has 3 N–H and O–H groups in total. The van der Waals surface area contributed by atoms with Crippen molar-refractivity contribution in [2.24, 2.45) is 5.84 Å². The molecule has 7 nitrogen and oxygen atoms in total. The summed E-state index contributed by atoms with van der Waals surface area (Å²) in [6.07, 6.45) is 1.79. The van der Waals surface area contributed by atoms with Gasteiger partial charge in [-0.3, -0.25) is 10.1 Å². The van der Waals surface area contributed by atoms with Crippen LogP contribution >= 0.6 is 0 Å². The van der Waals surface area contributed by atoms with Gasteiger partial charge in [0.25, 0.3) is 0 Å². The monoisotopic (exact) mass is 253 g/mol. The van der Waals surface area contributed by atoms with Gasteiger partial charge < -0.3 is 10.3 Å². The third-order valence-corrected chi connectivity index (χ3v) is 3.02. The van der Waals surface area contributed by atoms with E-state index in [9.17, 15) is 10.1 Å². The minimum Gasteiger partial charge on any atom is -0.351 e. The van der Waals surface area contributed by atoms with Crippen LogP contribution in [0.1, 0.15) is 26.7 Å². The Bertz CT molecular complexity index is 420. The highest BCUT2D eigenvalue weighted by atomic mass is 16.6. The van der Waals surface area contributed by atoms with Crippen LogP contribution in [0.25, 0.3) is 0 Å². The molecule has 0 bridgehead atoms. The van der Waals surface area contributed by atoms with E-state index >= 15 is 0 Å². The van der Waals surface area contributed by atoms with Gasteiger partial charge in [-0.25, -0.2) is 10.8 Å². The maximum Gasteiger partial charge on any atom is 0.311 e. The van der Waals surface area contributed by atoms with Crippen LogP contribution in [0.5, 0.6) is 0 Å². The van der Waals surface area contributed by atoms with Crippen LogP contribution in [0, 0.1) is 10.1 Å². The molecule has 0 atom stereocenters. The van der Waals surface area contributed by atoms with Gasteiger partial charge in [0, 0.05) is 19.2 Å². The summed E-state index contributed by atoms with van der Waals surface area (Å²) in [5.74, 6) is 6.03. The molecule has 0 saturated heterocycles. The SMILES string of the molecule is CCC(CC)N(C)c1nc(NN)ccc1[N+](=O)[O-]. The van der Waals surface area contributed by atoms with E-state index in [1.54, 1.807) is 0 Å². The number of rotatable bonds is 6. The van der Waals surface area contributed by atoms with Gasteiger partial charge in [-0.2, -0.15) is 0 Å². The first-order chi connectivity index (χ1) is 8.54. The minimum atomic E-state index is -0.429. The Morgan fingerprint density at radius 1 is 1.50 bits per heavy atom. The van der Waals surface area contributed by atoms with Crippen LogP contribution in [0.4, 0.5) is 17.3 Å². The van der Waals surface area contributed by atoms with Gasteiger partial charge in [0.15, 0.2) is 0 Å². The second kappa shape index (κ2) is 6.15. The number of hydrogen-bond donors (Lipinski definition) is 2. The van der Waals surface area contributed by atoms with E-state index in [0.29, 0.717) is 11.6 Å². The Kier molecular flexibility index (Phi) is 4.85. The topological polar surface area (TPSA) is 97.3 Å². The van der Waals surface area contributed by atoms with Gasteiger partial charge in [0.1, 0.15) is 5.82 Å². The molecule has 0 spiro atoms. The third-order valence-electron chi connectivity index (χ3n) is 3.02. The van der Waals surface area contributed by atoms with Crippen molar-refractivity contribution in [2.45, 2.75) is 32.7 Å². The van der Waals surface area contributed by atoms with Gasteiger partial charge in [0.05, 0.1) is 4.92 Å². The molecule has 0 aliphatic heterocycles. The lowest BCUT2D eigenvalue weighted by molar-refractivity contribution is -0.384. The van der Waals surface area contributed by atoms with E-state index in [-0.39, 0.29) is 11.7 Å². The number of nitrogens with one attached hydrogen (secondary N) is 1. The molecule has 0 unspecified atom stereocenters. The zero-order valence-electron chi connectivity index (χ0n) is 10.9. The average Bonchev–Trinajstić information content (AvgIpc) is 2.39. The predicted octanol–water partition coefficient (Wildman–Crippen LogP) is 1.90. The van der Waals surface area contributed by atoms with Crippen molar-refractivity contribution in [3.63, 3.8) is 0 Å². The van der Waals surface area contributed by atoms with Crippen molar-refractivity contribution in [1.29, 1.82) is 0 Å². The summed E-state index contributed by atoms with van der Waals surface area (Å²) < 4.78 is 0. The number of anilines is 2. The first-order valence-corrected chi connectivity index (χ1v) is 5.90. The van der Waals surface area contributed by atoms with Crippen molar-refractivity contribution >= 4 is 17.3 Å². The van der Waals surface area contributed by atoms with Crippen molar-refractivity contribution in [1.82, 2.24) is 4.98 Å². The Morgan fingerprint density at radius 3 is 2.56 bits per heavy atom. The molecule has 0 aliphatic carbocycles. The summed E-state index contributed by atoms with van der Waals surface area (Å²) in [6, 6.07) is 3.11. The Balaban J connectivity index is 3.21. The summed E-state index contributed by atoms with van der Waals surface area (Å²) in [7, 11) is 1.81. The first kappa shape index (κ1) is 14.2. The predicted molar refractivity (Wildman–Crippen MR) is 71.5 cm³/mol. The Morgan fingerprint density at radius 2 is 2.11 bits per heavy atom. The van der Waals surface area contributed by atoms with Crippen molar-refractivity contribution < 1.29 is 4.92 Å². The number of hydrazine groups is 1. The molecular formula is C11H19N5O2. The van der Waals surface area contributed by atoms with E-state index in [2.05, 4.69) is 10.4 Å². The van der Waals surface area contributed by atoms with Gasteiger partial charge in [-0.05, 0) is 18.9 Å². The number of pyridine rings is 1. The highest BCUT2D eigenvalue weighted by molar-refractivity contribution is 5.61. The average molecular weight is 253 g/mol. The number of nitro groups is 1. The fourth-order valence-electron chi connectivity index (χ4n) is 1.93. The van der Waals surface area contributed by atoms with Crippen LogP contribution in [-0.4, -0.2) is 23.0 Å². The van der Waals surface area contributed by atoms with Gasteiger partial charge in [-0.15, -0.1) is 0 Å². The second-order valence-corrected chi connectivity index (χ2v) is 4.02. The standard InChI is InChI=1S/C11H19N5O2/c1-4-8(5-2)15(3)11-9(16(17)18)6-7-10(13-11)14-12/h6-8H,4-5,12H2,1-3H3,(H,13,14). The van der Waals surface area contributed by atoms with E-state index < -0.39 is 4.92 Å². The molecule has 1 aromatic rings. The van der Waals surface area contributed by atoms with Crippen LogP contribution in [0.3, 0.4) is 0 Å². The van der Waals surface area contributed by atoms with Gasteiger partial charge in [0.2, 0.25) is 5.82 Å². The maximum atomic E-state index is 11.0. The van der Waals surface area contributed by atoms with Crippen LogP contribution < -0.4 is 16.2 Å². The number of aromatic nitrogens is 1. The summed E-state index contributed by atoms with van der Waals surface area (Å²) in [4.78, 5) is 16.6. The molecule has 1 rings (SSSR count). The van der Waals surface area contributed by atoms with E-state index in [4.69, 9.17) is 5.84 Å². The van der Waals surface area contributed by atoms with E-state index in [1.165, 1.54) is 12.1 Å². The molecule has 1 heterocycles. The molecule has 0 aromatic carbocycles. The van der Waals surface area contributed by atoms with Crippen molar-refractivity contribution in [2.75, 3.05) is 17.4 Å². The van der Waals surface area contributed by atoms with Gasteiger partial charge in [-0.1, -0.05) is 13.8 Å².